The maximum absolute atomic E-state index is 6.01. The lowest BCUT2D eigenvalue weighted by Gasteiger charge is -2.07. The van der Waals surface area contributed by atoms with E-state index in [9.17, 15) is 0 Å². The van der Waals surface area contributed by atoms with Gasteiger partial charge in [0.2, 0.25) is 0 Å². The number of halogens is 2. The maximum atomic E-state index is 6.01. The van der Waals surface area contributed by atoms with Gasteiger partial charge in [-0.3, -0.25) is 0 Å². The molecule has 2 heterocycles. The molecule has 0 atom stereocenters. The third kappa shape index (κ3) is 3.53. The van der Waals surface area contributed by atoms with Gasteiger partial charge in [0.1, 0.15) is 0 Å². The first-order chi connectivity index (χ1) is 11.1. The van der Waals surface area contributed by atoms with Crippen LogP contribution in [-0.2, 0) is 6.54 Å². The molecule has 0 spiro atoms. The van der Waals surface area contributed by atoms with Gasteiger partial charge in [-0.25, -0.2) is 15.0 Å². The van der Waals surface area contributed by atoms with Crippen LogP contribution in [0, 0.1) is 11.8 Å². The lowest BCUT2D eigenvalue weighted by Crippen LogP contribution is -2.07. The minimum absolute atomic E-state index is 0.337. The van der Waals surface area contributed by atoms with Gasteiger partial charge >= 0.3 is 0 Å². The molecular weight excluding hydrogens is 353 g/mol. The minimum Gasteiger partial charge on any atom is -0.382 e. The van der Waals surface area contributed by atoms with E-state index in [0.717, 1.165) is 4.90 Å². The maximum Gasteiger partial charge on any atom is 0.195 e. The first-order valence-corrected chi connectivity index (χ1v) is 8.16. The lowest BCUT2D eigenvalue weighted by molar-refractivity contribution is 0.793. The molecule has 2 aliphatic heterocycles. The number of imidazole rings is 1. The van der Waals surface area contributed by atoms with Crippen LogP contribution in [0.4, 0.5) is 5.82 Å². The van der Waals surface area contributed by atoms with E-state index in [1.165, 1.54) is 11.8 Å². The first-order valence-electron chi connectivity index (χ1n) is 6.58. The summed E-state index contributed by atoms with van der Waals surface area (Å²) in [6, 6.07) is 5.28. The smallest absolute Gasteiger partial charge is 0.195 e. The van der Waals surface area contributed by atoms with E-state index in [0.29, 0.717) is 39.1 Å². The Bertz CT molecular complexity index is 876. The van der Waals surface area contributed by atoms with E-state index >= 15 is 0 Å². The number of nitrogen functional groups attached to an aromatic ring is 1. The van der Waals surface area contributed by atoms with Gasteiger partial charge in [0.25, 0.3) is 0 Å². The van der Waals surface area contributed by atoms with Gasteiger partial charge in [-0.1, -0.05) is 29.1 Å². The average molecular weight is 364 g/mol. The largest absolute Gasteiger partial charge is 0.382 e. The summed E-state index contributed by atoms with van der Waals surface area (Å²) in [7, 11) is 0. The summed E-state index contributed by atoms with van der Waals surface area (Å²) in [5.74, 6) is 6.80. The van der Waals surface area contributed by atoms with Crippen molar-refractivity contribution in [2.75, 3.05) is 5.73 Å². The van der Waals surface area contributed by atoms with Crippen molar-refractivity contribution < 1.29 is 0 Å². The third-order valence-corrected chi connectivity index (χ3v) is 4.22. The summed E-state index contributed by atoms with van der Waals surface area (Å²) in [6.07, 6.45) is 1.61. The molecule has 0 saturated carbocycles. The van der Waals surface area contributed by atoms with E-state index < -0.39 is 0 Å². The van der Waals surface area contributed by atoms with E-state index in [4.69, 9.17) is 28.9 Å². The number of nitrogens with two attached hydrogens (primary N) is 1. The monoisotopic (exact) mass is 363 g/mol. The molecule has 3 rings (SSSR count). The fourth-order valence-corrected chi connectivity index (χ4v) is 3.46. The third-order valence-electron chi connectivity index (χ3n) is 2.94. The van der Waals surface area contributed by atoms with Crippen LogP contribution in [0.2, 0.25) is 10.0 Å². The Labute approximate surface area is 147 Å². The molecular formula is C15H11Cl2N5S. The van der Waals surface area contributed by atoms with Crippen LogP contribution in [-0.4, -0.2) is 19.5 Å². The molecule has 23 heavy (non-hydrogen) atoms. The van der Waals surface area contributed by atoms with Crippen molar-refractivity contribution in [1.29, 1.82) is 0 Å². The number of benzene rings is 1. The molecule has 116 valence electrons. The highest BCUT2D eigenvalue weighted by Crippen LogP contribution is 2.34. The predicted octanol–water partition coefficient (Wildman–Crippen LogP) is 3.84. The van der Waals surface area contributed by atoms with Gasteiger partial charge < -0.3 is 10.3 Å². The van der Waals surface area contributed by atoms with E-state index in [1.807, 2.05) is 4.57 Å². The number of nitrogens with zero attached hydrogens (tertiary/aromatic N) is 4. The zero-order valence-corrected chi connectivity index (χ0v) is 14.4. The van der Waals surface area contributed by atoms with Gasteiger partial charge in [0, 0.05) is 14.9 Å². The molecule has 2 N–H and O–H groups in total. The minimum atomic E-state index is 0.337. The highest BCUT2D eigenvalue weighted by molar-refractivity contribution is 7.99. The number of rotatable bonds is 3. The zero-order chi connectivity index (χ0) is 16.4. The molecule has 5 nitrogen and oxygen atoms in total. The van der Waals surface area contributed by atoms with Gasteiger partial charge in [0.15, 0.2) is 22.5 Å². The summed E-state index contributed by atoms with van der Waals surface area (Å²) in [5.41, 5.74) is 6.45. The Hall–Kier alpha value is -1.94. The van der Waals surface area contributed by atoms with Crippen LogP contribution in [0.25, 0.3) is 11.5 Å². The van der Waals surface area contributed by atoms with Crippen LogP contribution >= 0.6 is 35.0 Å². The van der Waals surface area contributed by atoms with Gasteiger partial charge in [-0.2, -0.15) is 0 Å². The Kier molecular flexibility index (Phi) is 4.62. The highest BCUT2D eigenvalue weighted by atomic mass is 35.5. The van der Waals surface area contributed by atoms with E-state index in [-0.39, 0.29) is 0 Å². The van der Waals surface area contributed by atoms with Crippen molar-refractivity contribution in [3.8, 4) is 23.4 Å². The van der Waals surface area contributed by atoms with Crippen molar-refractivity contribution >= 4 is 40.8 Å². The normalized spacial score (nSPS) is 10.6. The fourth-order valence-electron chi connectivity index (χ4n) is 1.95. The van der Waals surface area contributed by atoms with Crippen molar-refractivity contribution in [3.05, 3.63) is 34.6 Å². The summed E-state index contributed by atoms with van der Waals surface area (Å²) in [6.45, 7) is 2.26. The predicted molar refractivity (Wildman–Crippen MR) is 92.9 cm³/mol. The number of fused-ring (bicyclic) bond motifs is 1. The summed E-state index contributed by atoms with van der Waals surface area (Å²) in [4.78, 5) is 13.9. The topological polar surface area (TPSA) is 69.6 Å². The Morgan fingerprint density at radius 2 is 1.96 bits per heavy atom. The van der Waals surface area contributed by atoms with Crippen molar-refractivity contribution in [2.45, 2.75) is 23.5 Å². The molecule has 0 bridgehead atoms. The van der Waals surface area contributed by atoms with Crippen LogP contribution in [0.1, 0.15) is 6.92 Å². The Balaban J connectivity index is 1.99. The van der Waals surface area contributed by atoms with Gasteiger partial charge in [0.05, 0.1) is 12.9 Å². The lowest BCUT2D eigenvalue weighted by atomic mass is 10.4. The average Bonchev–Trinajstić information content (AvgIpc) is 2.90. The van der Waals surface area contributed by atoms with Crippen molar-refractivity contribution in [1.82, 2.24) is 19.5 Å². The second kappa shape index (κ2) is 6.67. The van der Waals surface area contributed by atoms with Crippen molar-refractivity contribution in [2.24, 2.45) is 0 Å². The molecule has 0 amide bonds. The van der Waals surface area contributed by atoms with Crippen molar-refractivity contribution in [3.63, 3.8) is 0 Å². The standard InChI is InChI=1S/C15H11Cl2N5S/c1-2-3-4-22-8-19-13(18)12-14(22)21-15(20-12)23-11-6-9(16)5-10(17)7-11/h5-8H,4,18H2,1H3. The van der Waals surface area contributed by atoms with Gasteiger partial charge in [-0.15, -0.1) is 5.92 Å². The summed E-state index contributed by atoms with van der Waals surface area (Å²) >= 11 is 13.4. The second-order valence-electron chi connectivity index (χ2n) is 4.57. The summed E-state index contributed by atoms with van der Waals surface area (Å²) in [5, 5.41) is 1.67. The van der Waals surface area contributed by atoms with E-state index in [1.54, 1.807) is 31.5 Å². The van der Waals surface area contributed by atoms with Crippen LogP contribution in [0.3, 0.4) is 0 Å². The first kappa shape index (κ1) is 15.9. The molecule has 0 radical (unpaired) electrons. The number of hydrogen-bond acceptors (Lipinski definition) is 5. The zero-order valence-electron chi connectivity index (χ0n) is 12.0. The number of hydrogen-bond donors (Lipinski definition) is 1. The van der Waals surface area contributed by atoms with Crippen LogP contribution in [0.15, 0.2) is 34.6 Å². The molecule has 0 unspecified atom stereocenters. The SMILES string of the molecule is CC#CCn1cnc(N)c2nc(Sc3cc(Cl)cc(Cl)c3)nc1-2. The quantitative estimate of drug-likeness (QED) is 0.715. The van der Waals surface area contributed by atoms with E-state index in [2.05, 4.69) is 26.8 Å². The highest BCUT2D eigenvalue weighted by Gasteiger charge is 2.19. The molecule has 0 aliphatic carbocycles. The van der Waals surface area contributed by atoms with Crippen LogP contribution in [0.5, 0.6) is 0 Å². The number of anilines is 1. The molecule has 1 aromatic carbocycles. The number of aromatic nitrogens is 4. The summed E-state index contributed by atoms with van der Waals surface area (Å²) < 4.78 is 1.81. The molecule has 8 heteroatoms. The second-order valence-corrected chi connectivity index (χ2v) is 6.48. The molecule has 0 fully saturated rings. The fraction of sp³-hybridized carbons (Fsp3) is 0.133. The Morgan fingerprint density at radius 3 is 2.65 bits per heavy atom. The molecule has 2 aliphatic rings. The molecule has 0 saturated heterocycles. The molecule has 0 aromatic heterocycles. The molecule has 1 aromatic rings. The van der Waals surface area contributed by atoms with Gasteiger partial charge in [-0.05, 0) is 36.9 Å². The Morgan fingerprint density at radius 1 is 1.22 bits per heavy atom. The van der Waals surface area contributed by atoms with Crippen LogP contribution < -0.4 is 5.73 Å².